The summed E-state index contributed by atoms with van der Waals surface area (Å²) in [5, 5.41) is 14.0. The first-order valence-electron chi connectivity index (χ1n) is 8.43. The Labute approximate surface area is 135 Å². The molecule has 0 unspecified atom stereocenters. The van der Waals surface area contributed by atoms with Gasteiger partial charge in [0, 0.05) is 30.8 Å². The third-order valence-electron chi connectivity index (χ3n) is 5.16. The monoisotopic (exact) mass is 310 g/mol. The molecule has 2 heterocycles. The fourth-order valence-electron chi connectivity index (χ4n) is 3.91. The Bertz CT molecular complexity index is 701. The second-order valence-corrected chi connectivity index (χ2v) is 6.57. The number of carbonyl (C=O) groups is 1. The van der Waals surface area contributed by atoms with Gasteiger partial charge in [0.1, 0.15) is 0 Å². The molecule has 0 bridgehead atoms. The molecule has 5 nitrogen and oxygen atoms in total. The van der Waals surface area contributed by atoms with Crippen molar-refractivity contribution in [2.75, 3.05) is 6.54 Å². The fraction of sp³-hybridized carbons (Fsp3) is 0.444. The molecular weight excluding hydrogens is 288 g/mol. The van der Waals surface area contributed by atoms with Gasteiger partial charge in [-0.15, -0.1) is 0 Å². The summed E-state index contributed by atoms with van der Waals surface area (Å²) in [6, 6.07) is 10.3. The molecule has 1 aromatic heterocycles. The van der Waals surface area contributed by atoms with Crippen LogP contribution >= 0.6 is 0 Å². The summed E-state index contributed by atoms with van der Waals surface area (Å²) in [7, 11) is 0. The number of aromatic nitrogens is 2. The Hall–Kier alpha value is -2.14. The molecule has 1 aliphatic heterocycles. The van der Waals surface area contributed by atoms with E-state index in [1.54, 1.807) is 0 Å². The smallest absolute Gasteiger partial charge is 0.272 e. The zero-order valence-corrected chi connectivity index (χ0v) is 13.2. The molecular formula is C18H22N4O. The lowest BCUT2D eigenvalue weighted by molar-refractivity contribution is 0.0891. The summed E-state index contributed by atoms with van der Waals surface area (Å²) in [4.78, 5) is 12.9. The topological polar surface area (TPSA) is 69.8 Å². The van der Waals surface area contributed by atoms with Crippen LogP contribution < -0.4 is 10.6 Å². The predicted molar refractivity (Wildman–Crippen MR) is 88.1 cm³/mol. The summed E-state index contributed by atoms with van der Waals surface area (Å²) in [5.41, 5.74) is 3.62. The van der Waals surface area contributed by atoms with Crippen LogP contribution in [0.25, 0.3) is 0 Å². The molecule has 5 heteroatoms. The lowest BCUT2D eigenvalue weighted by Crippen LogP contribution is -2.44. The molecule has 1 saturated carbocycles. The average Bonchev–Trinajstić information content (AvgIpc) is 3.23. The zero-order valence-electron chi connectivity index (χ0n) is 13.2. The largest absolute Gasteiger partial charge is 0.341 e. The highest BCUT2D eigenvalue weighted by Gasteiger charge is 2.38. The van der Waals surface area contributed by atoms with E-state index >= 15 is 0 Å². The van der Waals surface area contributed by atoms with Crippen molar-refractivity contribution in [1.82, 2.24) is 20.8 Å². The Kier molecular flexibility index (Phi) is 3.65. The lowest BCUT2D eigenvalue weighted by Gasteiger charge is -2.31. The van der Waals surface area contributed by atoms with Gasteiger partial charge in [0.2, 0.25) is 0 Å². The van der Waals surface area contributed by atoms with Gasteiger partial charge in [-0.25, -0.2) is 0 Å². The van der Waals surface area contributed by atoms with Crippen molar-refractivity contribution in [1.29, 1.82) is 0 Å². The minimum atomic E-state index is -0.244. The molecule has 23 heavy (non-hydrogen) atoms. The molecule has 0 spiro atoms. The summed E-state index contributed by atoms with van der Waals surface area (Å²) < 4.78 is 0. The summed E-state index contributed by atoms with van der Waals surface area (Å²) in [5.74, 6) is -0.0584. The number of hydrogen-bond donors (Lipinski definition) is 3. The molecule has 1 aromatic carbocycles. The maximum atomic E-state index is 12.9. The summed E-state index contributed by atoms with van der Waals surface area (Å²) in [6.45, 7) is 1.65. The molecule has 1 amide bonds. The molecule has 1 fully saturated rings. The van der Waals surface area contributed by atoms with Gasteiger partial charge in [0.05, 0.1) is 5.54 Å². The van der Waals surface area contributed by atoms with Gasteiger partial charge in [-0.1, -0.05) is 43.2 Å². The second-order valence-electron chi connectivity index (χ2n) is 6.57. The van der Waals surface area contributed by atoms with Crippen molar-refractivity contribution in [3.05, 3.63) is 52.8 Å². The lowest BCUT2D eigenvalue weighted by atomic mass is 9.88. The van der Waals surface area contributed by atoms with Crippen LogP contribution in [0, 0.1) is 0 Å². The van der Waals surface area contributed by atoms with Crippen molar-refractivity contribution in [2.45, 2.75) is 44.2 Å². The van der Waals surface area contributed by atoms with Gasteiger partial charge in [0.15, 0.2) is 5.69 Å². The van der Waals surface area contributed by atoms with E-state index in [0.717, 1.165) is 49.9 Å². The number of H-pyrrole nitrogens is 1. The second kappa shape index (κ2) is 5.81. The number of fused-ring (bicyclic) bond motifs is 1. The van der Waals surface area contributed by atoms with E-state index in [4.69, 9.17) is 0 Å². The first-order chi connectivity index (χ1) is 11.3. The normalized spacial score (nSPS) is 19.3. The van der Waals surface area contributed by atoms with E-state index in [1.165, 1.54) is 5.56 Å². The first kappa shape index (κ1) is 14.5. The van der Waals surface area contributed by atoms with E-state index in [-0.39, 0.29) is 11.4 Å². The number of nitrogens with zero attached hydrogens (tertiary/aromatic N) is 1. The van der Waals surface area contributed by atoms with E-state index in [1.807, 2.05) is 18.2 Å². The number of benzene rings is 1. The fourth-order valence-corrected chi connectivity index (χ4v) is 3.91. The van der Waals surface area contributed by atoms with Crippen LogP contribution in [0.1, 0.15) is 53.0 Å². The SMILES string of the molecule is O=C(NC1(c2ccccc2)CCCC1)c1n[nH]c2c1CNCC2. The zero-order chi connectivity index (χ0) is 15.7. The van der Waals surface area contributed by atoms with Crippen molar-refractivity contribution >= 4 is 5.91 Å². The van der Waals surface area contributed by atoms with E-state index in [0.29, 0.717) is 12.2 Å². The Balaban J connectivity index is 1.63. The molecule has 4 rings (SSSR count). The van der Waals surface area contributed by atoms with E-state index in [2.05, 4.69) is 33.0 Å². The third kappa shape index (κ3) is 2.55. The number of nitrogens with one attached hydrogen (secondary N) is 3. The van der Waals surface area contributed by atoms with Crippen LogP contribution in [0.15, 0.2) is 30.3 Å². The van der Waals surface area contributed by atoms with Crippen molar-refractivity contribution in [3.63, 3.8) is 0 Å². The summed E-state index contributed by atoms with van der Waals surface area (Å²) in [6.07, 6.45) is 5.19. The van der Waals surface area contributed by atoms with Gasteiger partial charge in [-0.3, -0.25) is 9.89 Å². The molecule has 0 atom stereocenters. The van der Waals surface area contributed by atoms with Crippen molar-refractivity contribution in [2.24, 2.45) is 0 Å². The quantitative estimate of drug-likeness (QED) is 0.814. The third-order valence-corrected chi connectivity index (χ3v) is 5.16. The minimum absolute atomic E-state index is 0.0584. The van der Waals surface area contributed by atoms with Crippen LogP contribution in [0.5, 0.6) is 0 Å². The van der Waals surface area contributed by atoms with Gasteiger partial charge in [-0.05, 0) is 18.4 Å². The first-order valence-corrected chi connectivity index (χ1v) is 8.43. The highest BCUT2D eigenvalue weighted by Crippen LogP contribution is 2.39. The number of carbonyl (C=O) groups excluding carboxylic acids is 1. The van der Waals surface area contributed by atoms with Crippen molar-refractivity contribution < 1.29 is 4.79 Å². The standard InChI is InChI=1S/C18H22N4O/c23-17(16-14-12-19-11-8-15(14)21-22-16)20-18(9-4-5-10-18)13-6-2-1-3-7-13/h1-3,6-7,19H,4-5,8-12H2,(H,20,23)(H,21,22). The predicted octanol–water partition coefficient (Wildman–Crippen LogP) is 2.25. The van der Waals surface area contributed by atoms with Gasteiger partial charge in [0.25, 0.3) is 5.91 Å². The van der Waals surface area contributed by atoms with Crippen LogP contribution in [0.2, 0.25) is 0 Å². The van der Waals surface area contributed by atoms with E-state index < -0.39 is 0 Å². The van der Waals surface area contributed by atoms with Gasteiger partial charge < -0.3 is 10.6 Å². The van der Waals surface area contributed by atoms with Gasteiger partial charge >= 0.3 is 0 Å². The Morgan fingerprint density at radius 2 is 1.96 bits per heavy atom. The Morgan fingerprint density at radius 3 is 2.74 bits per heavy atom. The number of hydrogen-bond acceptors (Lipinski definition) is 3. The van der Waals surface area contributed by atoms with E-state index in [9.17, 15) is 4.79 Å². The van der Waals surface area contributed by atoms with Crippen LogP contribution in [0.3, 0.4) is 0 Å². The maximum Gasteiger partial charge on any atom is 0.272 e. The molecule has 1 aliphatic carbocycles. The van der Waals surface area contributed by atoms with Gasteiger partial charge in [-0.2, -0.15) is 5.10 Å². The Morgan fingerprint density at radius 1 is 1.17 bits per heavy atom. The maximum absolute atomic E-state index is 12.9. The van der Waals surface area contributed by atoms with Crippen LogP contribution in [0.4, 0.5) is 0 Å². The number of amides is 1. The van der Waals surface area contributed by atoms with Crippen molar-refractivity contribution in [3.8, 4) is 0 Å². The average molecular weight is 310 g/mol. The number of rotatable bonds is 3. The molecule has 2 aliphatic rings. The van der Waals surface area contributed by atoms with Crippen LogP contribution in [-0.4, -0.2) is 22.6 Å². The number of aromatic amines is 1. The molecule has 120 valence electrons. The highest BCUT2D eigenvalue weighted by molar-refractivity contribution is 5.94. The molecule has 3 N–H and O–H groups in total. The molecule has 2 aromatic rings. The minimum Gasteiger partial charge on any atom is -0.341 e. The molecule has 0 radical (unpaired) electrons. The highest BCUT2D eigenvalue weighted by atomic mass is 16.2. The molecule has 0 saturated heterocycles. The summed E-state index contributed by atoms with van der Waals surface area (Å²) >= 11 is 0. The van der Waals surface area contributed by atoms with Crippen LogP contribution in [-0.2, 0) is 18.5 Å².